The molecule has 0 aliphatic heterocycles. The van der Waals surface area contributed by atoms with Gasteiger partial charge in [-0.1, -0.05) is 0 Å². The molecular weight excluding hydrogens is 146 g/mol. The van der Waals surface area contributed by atoms with Gasteiger partial charge >= 0.3 is 6.09 Å². The SMILES string of the molecule is CNC(=O)Oc1cncnc1. The molecule has 5 heteroatoms. The van der Waals surface area contributed by atoms with Crippen molar-refractivity contribution in [1.82, 2.24) is 15.3 Å². The number of carbonyl (C=O) groups excluding carboxylic acids is 1. The van der Waals surface area contributed by atoms with Gasteiger partial charge in [-0.25, -0.2) is 14.8 Å². The Bertz CT molecular complexity index is 237. The van der Waals surface area contributed by atoms with Crippen LogP contribution in [0, 0.1) is 0 Å². The summed E-state index contributed by atoms with van der Waals surface area (Å²) in [5.41, 5.74) is 0. The second kappa shape index (κ2) is 3.50. The average molecular weight is 153 g/mol. The molecule has 0 saturated heterocycles. The lowest BCUT2D eigenvalue weighted by Gasteiger charge is -1.99. The zero-order valence-electron chi connectivity index (χ0n) is 5.94. The summed E-state index contributed by atoms with van der Waals surface area (Å²) in [6, 6.07) is 0. The molecule has 0 bridgehead atoms. The Kier molecular flexibility index (Phi) is 2.37. The highest BCUT2D eigenvalue weighted by Crippen LogP contribution is 2.03. The van der Waals surface area contributed by atoms with Crippen LogP contribution in [0.15, 0.2) is 18.7 Å². The predicted molar refractivity (Wildman–Crippen MR) is 37.1 cm³/mol. The summed E-state index contributed by atoms with van der Waals surface area (Å²) >= 11 is 0. The van der Waals surface area contributed by atoms with Gasteiger partial charge in [0.05, 0.1) is 12.4 Å². The van der Waals surface area contributed by atoms with E-state index in [-0.39, 0.29) is 0 Å². The molecule has 5 nitrogen and oxygen atoms in total. The molecule has 0 aromatic carbocycles. The Morgan fingerprint density at radius 2 is 2.18 bits per heavy atom. The van der Waals surface area contributed by atoms with E-state index in [1.807, 2.05) is 0 Å². The van der Waals surface area contributed by atoms with Crippen LogP contribution in [0.1, 0.15) is 0 Å². The number of carbonyl (C=O) groups is 1. The molecule has 0 radical (unpaired) electrons. The smallest absolute Gasteiger partial charge is 0.407 e. The lowest BCUT2D eigenvalue weighted by atomic mass is 10.6. The minimum atomic E-state index is -0.528. The number of rotatable bonds is 1. The Balaban J connectivity index is 2.58. The van der Waals surface area contributed by atoms with E-state index in [0.29, 0.717) is 5.75 Å². The molecule has 11 heavy (non-hydrogen) atoms. The van der Waals surface area contributed by atoms with Gasteiger partial charge in [0.2, 0.25) is 0 Å². The molecule has 1 N–H and O–H groups in total. The highest BCUT2D eigenvalue weighted by molar-refractivity contribution is 5.69. The molecule has 0 atom stereocenters. The highest BCUT2D eigenvalue weighted by Gasteiger charge is 1.99. The van der Waals surface area contributed by atoms with Crippen LogP contribution in [0.2, 0.25) is 0 Å². The molecule has 0 unspecified atom stereocenters. The molecule has 1 aromatic heterocycles. The monoisotopic (exact) mass is 153 g/mol. The molecule has 1 aromatic rings. The molecule has 1 heterocycles. The first-order chi connectivity index (χ1) is 5.33. The number of hydrogen-bond donors (Lipinski definition) is 1. The third-order valence-corrected chi connectivity index (χ3v) is 0.952. The normalized spacial score (nSPS) is 8.82. The van der Waals surface area contributed by atoms with E-state index in [2.05, 4.69) is 20.0 Å². The number of nitrogens with one attached hydrogen (secondary N) is 1. The molecule has 58 valence electrons. The largest absolute Gasteiger partial charge is 0.412 e. The quantitative estimate of drug-likeness (QED) is 0.625. The van der Waals surface area contributed by atoms with Crippen LogP contribution in [-0.4, -0.2) is 23.1 Å². The Hall–Kier alpha value is -1.65. The third-order valence-electron chi connectivity index (χ3n) is 0.952. The Labute approximate surface area is 63.4 Å². The van der Waals surface area contributed by atoms with Crippen LogP contribution >= 0.6 is 0 Å². The number of nitrogens with zero attached hydrogens (tertiary/aromatic N) is 2. The van der Waals surface area contributed by atoms with E-state index in [1.165, 1.54) is 25.8 Å². The molecular formula is C6H7N3O2. The van der Waals surface area contributed by atoms with Crippen LogP contribution in [0.3, 0.4) is 0 Å². The maximum atomic E-state index is 10.6. The van der Waals surface area contributed by atoms with Crippen molar-refractivity contribution in [3.63, 3.8) is 0 Å². The fourth-order valence-electron chi connectivity index (χ4n) is 0.496. The summed E-state index contributed by atoms with van der Waals surface area (Å²) in [6.07, 6.45) is 3.64. The van der Waals surface area contributed by atoms with Crippen LogP contribution in [-0.2, 0) is 0 Å². The van der Waals surface area contributed by atoms with Crippen LogP contribution in [0.25, 0.3) is 0 Å². The molecule has 1 amide bonds. The minimum Gasteiger partial charge on any atom is -0.407 e. The number of aromatic nitrogens is 2. The van der Waals surface area contributed by atoms with Crippen molar-refractivity contribution in [3.05, 3.63) is 18.7 Å². The van der Waals surface area contributed by atoms with Crippen molar-refractivity contribution in [2.45, 2.75) is 0 Å². The Morgan fingerprint density at radius 3 is 2.73 bits per heavy atom. The summed E-state index contributed by atoms with van der Waals surface area (Å²) in [5, 5.41) is 2.30. The number of amides is 1. The van der Waals surface area contributed by atoms with Gasteiger partial charge in [0.15, 0.2) is 5.75 Å². The summed E-state index contributed by atoms with van der Waals surface area (Å²) < 4.78 is 4.69. The number of hydrogen-bond acceptors (Lipinski definition) is 4. The fourth-order valence-corrected chi connectivity index (χ4v) is 0.496. The lowest BCUT2D eigenvalue weighted by molar-refractivity contribution is 0.202. The van der Waals surface area contributed by atoms with E-state index in [1.54, 1.807) is 0 Å². The lowest BCUT2D eigenvalue weighted by Crippen LogP contribution is -2.22. The van der Waals surface area contributed by atoms with Crippen LogP contribution in [0.4, 0.5) is 4.79 Å². The van der Waals surface area contributed by atoms with Gasteiger partial charge in [-0.3, -0.25) is 0 Å². The second-order valence-electron chi connectivity index (χ2n) is 1.71. The summed E-state index contributed by atoms with van der Waals surface area (Å²) in [5.74, 6) is 0.326. The summed E-state index contributed by atoms with van der Waals surface area (Å²) in [4.78, 5) is 17.9. The van der Waals surface area contributed by atoms with Crippen molar-refractivity contribution in [1.29, 1.82) is 0 Å². The van der Waals surface area contributed by atoms with E-state index in [4.69, 9.17) is 0 Å². The van der Waals surface area contributed by atoms with Crippen molar-refractivity contribution < 1.29 is 9.53 Å². The van der Waals surface area contributed by atoms with Gasteiger partial charge < -0.3 is 10.1 Å². The van der Waals surface area contributed by atoms with E-state index >= 15 is 0 Å². The van der Waals surface area contributed by atoms with Crippen LogP contribution < -0.4 is 10.1 Å². The Morgan fingerprint density at radius 1 is 1.55 bits per heavy atom. The van der Waals surface area contributed by atoms with Gasteiger partial charge in [-0.2, -0.15) is 0 Å². The molecule has 0 aliphatic rings. The molecule has 0 aliphatic carbocycles. The first-order valence-electron chi connectivity index (χ1n) is 2.97. The molecule has 0 fully saturated rings. The average Bonchev–Trinajstić information content (AvgIpc) is 2.06. The predicted octanol–water partition coefficient (Wildman–Crippen LogP) is 0.195. The third kappa shape index (κ3) is 2.21. The maximum absolute atomic E-state index is 10.6. The standard InChI is InChI=1S/C6H7N3O2/c1-7-6(10)11-5-2-8-4-9-3-5/h2-4H,1H3,(H,7,10). The van der Waals surface area contributed by atoms with Gasteiger partial charge in [0.25, 0.3) is 0 Å². The van der Waals surface area contributed by atoms with Crippen molar-refractivity contribution in [2.75, 3.05) is 7.05 Å². The van der Waals surface area contributed by atoms with E-state index in [0.717, 1.165) is 0 Å². The first-order valence-corrected chi connectivity index (χ1v) is 2.97. The summed E-state index contributed by atoms with van der Waals surface area (Å²) in [6.45, 7) is 0. The number of ether oxygens (including phenoxy) is 1. The fraction of sp³-hybridized carbons (Fsp3) is 0.167. The summed E-state index contributed by atoms with van der Waals surface area (Å²) in [7, 11) is 1.48. The van der Waals surface area contributed by atoms with E-state index in [9.17, 15) is 4.79 Å². The van der Waals surface area contributed by atoms with Crippen LogP contribution in [0.5, 0.6) is 5.75 Å². The molecule has 0 spiro atoms. The zero-order chi connectivity index (χ0) is 8.10. The van der Waals surface area contributed by atoms with E-state index < -0.39 is 6.09 Å². The highest BCUT2D eigenvalue weighted by atomic mass is 16.6. The van der Waals surface area contributed by atoms with Crippen molar-refractivity contribution in [3.8, 4) is 5.75 Å². The van der Waals surface area contributed by atoms with Gasteiger partial charge in [0, 0.05) is 7.05 Å². The topological polar surface area (TPSA) is 64.1 Å². The first kappa shape index (κ1) is 7.46. The zero-order valence-corrected chi connectivity index (χ0v) is 5.94. The van der Waals surface area contributed by atoms with Gasteiger partial charge in [0.1, 0.15) is 6.33 Å². The maximum Gasteiger partial charge on any atom is 0.412 e. The molecule has 1 rings (SSSR count). The minimum absolute atomic E-state index is 0.326. The van der Waals surface area contributed by atoms with Crippen molar-refractivity contribution >= 4 is 6.09 Å². The van der Waals surface area contributed by atoms with Crippen molar-refractivity contribution in [2.24, 2.45) is 0 Å². The molecule has 0 saturated carbocycles. The van der Waals surface area contributed by atoms with Gasteiger partial charge in [-0.15, -0.1) is 0 Å². The second-order valence-corrected chi connectivity index (χ2v) is 1.71. The van der Waals surface area contributed by atoms with Gasteiger partial charge in [-0.05, 0) is 0 Å².